The van der Waals surface area contributed by atoms with Gasteiger partial charge in [0, 0.05) is 9.81 Å². The van der Waals surface area contributed by atoms with Crippen LogP contribution in [0.15, 0.2) is 26.8 Å². The Labute approximate surface area is 138 Å². The summed E-state index contributed by atoms with van der Waals surface area (Å²) in [5, 5.41) is 18.6. The minimum Gasteiger partial charge on any atom is -0.391 e. The summed E-state index contributed by atoms with van der Waals surface area (Å²) in [5.74, 6) is 0. The maximum Gasteiger partial charge on any atom is 0.0753 e. The van der Waals surface area contributed by atoms with Gasteiger partial charge in [-0.05, 0) is 6.42 Å². The van der Waals surface area contributed by atoms with Crippen LogP contribution in [0, 0.1) is 0 Å². The van der Waals surface area contributed by atoms with Crippen molar-refractivity contribution in [2.75, 3.05) is 13.2 Å². The molecule has 0 radical (unpaired) electrons. The quantitative estimate of drug-likeness (QED) is 0.748. The highest BCUT2D eigenvalue weighted by molar-refractivity contribution is 8.47. The molecule has 0 atom stereocenters. The van der Waals surface area contributed by atoms with Crippen molar-refractivity contribution in [3.05, 3.63) is 26.8 Å². The summed E-state index contributed by atoms with van der Waals surface area (Å²) in [4.78, 5) is 1.80. The number of hydrogen-bond donors (Lipinski definition) is 2. The van der Waals surface area contributed by atoms with E-state index in [1.165, 1.54) is 23.4 Å². The lowest BCUT2D eigenvalue weighted by Gasteiger charge is -2.09. The summed E-state index contributed by atoms with van der Waals surface area (Å²) in [6, 6.07) is 0. The summed E-state index contributed by atoms with van der Waals surface area (Å²) < 4.78 is 6.08. The molecule has 0 aromatic rings. The molecule has 3 heterocycles. The SMILES string of the molecule is CCC1SC2=C(SC(=C3SC(CO)=C(CO)S3)S2)S1. The van der Waals surface area contributed by atoms with Gasteiger partial charge in [-0.15, -0.1) is 23.5 Å². The van der Waals surface area contributed by atoms with Crippen LogP contribution in [0.4, 0.5) is 0 Å². The lowest BCUT2D eigenvalue weighted by Crippen LogP contribution is -1.89. The van der Waals surface area contributed by atoms with Crippen molar-refractivity contribution in [3.8, 4) is 0 Å². The van der Waals surface area contributed by atoms with Crippen LogP contribution >= 0.6 is 70.6 Å². The average molecular weight is 369 g/mol. The second-order valence-electron chi connectivity index (χ2n) is 3.79. The Morgan fingerprint density at radius 2 is 1.26 bits per heavy atom. The summed E-state index contributed by atoms with van der Waals surface area (Å²) in [5.41, 5.74) is 0. The molecule has 3 aliphatic rings. The van der Waals surface area contributed by atoms with Gasteiger partial charge in [-0.2, -0.15) is 0 Å². The number of aliphatic hydroxyl groups is 2. The van der Waals surface area contributed by atoms with Crippen molar-refractivity contribution < 1.29 is 10.2 Å². The molecule has 19 heavy (non-hydrogen) atoms. The molecule has 3 aliphatic heterocycles. The molecule has 0 bridgehead atoms. The zero-order chi connectivity index (χ0) is 13.4. The van der Waals surface area contributed by atoms with Gasteiger partial charge in [0.1, 0.15) is 0 Å². The van der Waals surface area contributed by atoms with Gasteiger partial charge in [0.2, 0.25) is 0 Å². The Balaban J connectivity index is 1.70. The summed E-state index contributed by atoms with van der Waals surface area (Å²) in [6.45, 7) is 2.28. The number of rotatable bonds is 3. The topological polar surface area (TPSA) is 40.5 Å². The van der Waals surface area contributed by atoms with E-state index >= 15 is 0 Å². The zero-order valence-corrected chi connectivity index (χ0v) is 14.9. The van der Waals surface area contributed by atoms with Crippen LogP contribution < -0.4 is 0 Å². The molecule has 0 saturated heterocycles. The van der Waals surface area contributed by atoms with E-state index in [0.717, 1.165) is 9.81 Å². The highest BCUT2D eigenvalue weighted by Gasteiger charge is 2.35. The van der Waals surface area contributed by atoms with Crippen molar-refractivity contribution in [3.63, 3.8) is 0 Å². The van der Waals surface area contributed by atoms with Crippen LogP contribution in [0.3, 0.4) is 0 Å². The van der Waals surface area contributed by atoms with E-state index in [1.807, 2.05) is 47.0 Å². The Morgan fingerprint density at radius 1 is 0.789 bits per heavy atom. The highest BCUT2D eigenvalue weighted by Crippen LogP contribution is 2.68. The van der Waals surface area contributed by atoms with Crippen LogP contribution in [0.2, 0.25) is 0 Å². The van der Waals surface area contributed by atoms with E-state index in [2.05, 4.69) is 6.92 Å². The molecule has 0 aromatic heterocycles. The van der Waals surface area contributed by atoms with E-state index in [1.54, 1.807) is 23.5 Å². The predicted octanol–water partition coefficient (Wildman–Crippen LogP) is 4.61. The van der Waals surface area contributed by atoms with Gasteiger partial charge in [-0.25, -0.2) is 0 Å². The normalized spacial score (nSPS) is 24.2. The second kappa shape index (κ2) is 6.56. The van der Waals surface area contributed by atoms with E-state index in [4.69, 9.17) is 0 Å². The van der Waals surface area contributed by atoms with Gasteiger partial charge in [-0.3, -0.25) is 0 Å². The van der Waals surface area contributed by atoms with E-state index < -0.39 is 0 Å². The molecule has 0 amide bonds. The fraction of sp³-hybridized carbons (Fsp3) is 0.455. The number of hydrogen-bond acceptors (Lipinski definition) is 8. The number of thioether (sulfide) groups is 6. The number of aliphatic hydroxyl groups excluding tert-OH is 2. The van der Waals surface area contributed by atoms with Crippen LogP contribution in [0.5, 0.6) is 0 Å². The minimum absolute atomic E-state index is 0.0220. The van der Waals surface area contributed by atoms with Crippen molar-refractivity contribution >= 4 is 70.6 Å². The largest absolute Gasteiger partial charge is 0.391 e. The summed E-state index contributed by atoms with van der Waals surface area (Å²) in [6.07, 6.45) is 1.20. The highest BCUT2D eigenvalue weighted by atomic mass is 32.3. The second-order valence-corrected chi connectivity index (χ2v) is 11.8. The van der Waals surface area contributed by atoms with Gasteiger partial charge in [0.15, 0.2) is 0 Å². The van der Waals surface area contributed by atoms with Gasteiger partial charge >= 0.3 is 0 Å². The van der Waals surface area contributed by atoms with Gasteiger partial charge in [-0.1, -0.05) is 54.0 Å². The Bertz CT molecular complexity index is 457. The lowest BCUT2D eigenvalue weighted by molar-refractivity contribution is 0.324. The first-order valence-corrected chi connectivity index (χ1v) is 10.7. The molecule has 0 aliphatic carbocycles. The minimum atomic E-state index is 0.0220. The molecule has 104 valence electrons. The first-order chi connectivity index (χ1) is 9.25. The van der Waals surface area contributed by atoms with Crippen LogP contribution in [-0.4, -0.2) is 28.0 Å². The monoisotopic (exact) mass is 368 g/mol. The Morgan fingerprint density at radius 3 is 1.68 bits per heavy atom. The maximum atomic E-state index is 9.30. The molecule has 0 aromatic carbocycles. The molecule has 0 saturated carbocycles. The first-order valence-electron chi connectivity index (χ1n) is 5.72. The maximum absolute atomic E-state index is 9.30. The van der Waals surface area contributed by atoms with E-state index in [0.29, 0.717) is 4.58 Å². The van der Waals surface area contributed by atoms with Crippen molar-refractivity contribution in [2.24, 2.45) is 0 Å². The van der Waals surface area contributed by atoms with Crippen molar-refractivity contribution in [1.82, 2.24) is 0 Å². The first kappa shape index (κ1) is 15.1. The van der Waals surface area contributed by atoms with Gasteiger partial charge < -0.3 is 10.2 Å². The smallest absolute Gasteiger partial charge is 0.0753 e. The van der Waals surface area contributed by atoms with E-state index in [-0.39, 0.29) is 13.2 Å². The molecular weight excluding hydrogens is 357 g/mol. The van der Waals surface area contributed by atoms with Crippen molar-refractivity contribution in [2.45, 2.75) is 17.9 Å². The Kier molecular flexibility index (Phi) is 5.23. The lowest BCUT2D eigenvalue weighted by atomic mass is 10.5. The average Bonchev–Trinajstić information content (AvgIpc) is 3.09. The molecule has 0 unspecified atom stereocenters. The third-order valence-corrected chi connectivity index (χ3v) is 12.0. The zero-order valence-electron chi connectivity index (χ0n) is 10.0. The summed E-state index contributed by atoms with van der Waals surface area (Å²) >= 11 is 10.9. The van der Waals surface area contributed by atoms with Crippen LogP contribution in [-0.2, 0) is 0 Å². The molecule has 2 nitrogen and oxygen atoms in total. The molecule has 2 N–H and O–H groups in total. The molecule has 3 rings (SSSR count). The van der Waals surface area contributed by atoms with E-state index in [9.17, 15) is 10.2 Å². The molecule has 0 fully saturated rings. The van der Waals surface area contributed by atoms with Gasteiger partial charge in [0.25, 0.3) is 0 Å². The third kappa shape index (κ3) is 3.06. The standard InChI is InChI=1S/C11H12O2S6/c1-2-7-16-9-10(17-7)19-11(18-9)8-14-5(3-12)6(4-13)15-8/h7,12-13H,2-4H2,1H3. The Hall–Kier alpha value is 1.24. The molecular formula is C11H12O2S6. The molecule has 0 spiro atoms. The van der Waals surface area contributed by atoms with Crippen molar-refractivity contribution in [1.29, 1.82) is 0 Å². The third-order valence-electron chi connectivity index (χ3n) is 2.54. The van der Waals surface area contributed by atoms with Crippen LogP contribution in [0.1, 0.15) is 13.3 Å². The summed E-state index contributed by atoms with van der Waals surface area (Å²) in [7, 11) is 0. The predicted molar refractivity (Wildman–Crippen MR) is 94.9 cm³/mol. The molecule has 8 heteroatoms. The fourth-order valence-corrected chi connectivity index (χ4v) is 11.2. The fourth-order valence-electron chi connectivity index (χ4n) is 1.61. The van der Waals surface area contributed by atoms with Crippen LogP contribution in [0.25, 0.3) is 0 Å². The van der Waals surface area contributed by atoms with Gasteiger partial charge in [0.05, 0.1) is 34.7 Å².